The van der Waals surface area contributed by atoms with E-state index in [1.165, 1.54) is 0 Å². The quantitative estimate of drug-likeness (QED) is 0.108. The maximum absolute atomic E-state index is 13.1. The first-order chi connectivity index (χ1) is 17.7. The second-order valence-electron chi connectivity index (χ2n) is 7.60. The Bertz CT molecular complexity index is 1430. The van der Waals surface area contributed by atoms with Gasteiger partial charge in [0.05, 0.1) is 32.2 Å². The van der Waals surface area contributed by atoms with Crippen LogP contribution in [0.4, 0.5) is 4.79 Å². The van der Waals surface area contributed by atoms with Gasteiger partial charge in [0.25, 0.3) is 11.1 Å². The maximum atomic E-state index is 13.1. The van der Waals surface area contributed by atoms with Gasteiger partial charge in [-0.3, -0.25) is 14.5 Å². The fourth-order valence-corrected chi connectivity index (χ4v) is 5.74. The molecule has 1 aliphatic heterocycles. The molecule has 6 nitrogen and oxygen atoms in total. The topological polar surface area (TPSA) is 72.9 Å². The number of hydrogen-bond donors (Lipinski definition) is 0. The average Bonchev–Trinajstić information content (AvgIpc) is 3.11. The molecule has 0 atom stereocenters. The summed E-state index contributed by atoms with van der Waals surface area (Å²) in [5, 5.41) is 0.574. The Labute approximate surface area is 246 Å². The van der Waals surface area contributed by atoms with E-state index in [0.717, 1.165) is 16.7 Å². The molecule has 11 heteroatoms. The number of hydrogen-bond acceptors (Lipinski definition) is 6. The van der Waals surface area contributed by atoms with Gasteiger partial charge in [0.1, 0.15) is 0 Å². The molecule has 4 rings (SSSR count). The van der Waals surface area contributed by atoms with Crippen molar-refractivity contribution in [3.63, 3.8) is 0 Å². The summed E-state index contributed by atoms with van der Waals surface area (Å²) in [5.41, 5.74) is 1.30. The monoisotopic (exact) mass is 687 g/mol. The van der Waals surface area contributed by atoms with Crippen molar-refractivity contribution in [2.24, 2.45) is 0 Å². The number of ether oxygens (including phenoxy) is 2. The first kappa shape index (κ1) is 27.8. The zero-order valence-corrected chi connectivity index (χ0v) is 24.3. The average molecular weight is 689 g/mol. The molecule has 0 unspecified atom stereocenters. The lowest BCUT2D eigenvalue weighted by Gasteiger charge is -2.15. The third kappa shape index (κ3) is 6.26. The summed E-state index contributed by atoms with van der Waals surface area (Å²) in [6.45, 7) is 2.06. The normalized spacial score (nSPS) is 14.4. The van der Waals surface area contributed by atoms with E-state index < -0.39 is 17.1 Å². The van der Waals surface area contributed by atoms with Crippen LogP contribution in [0.25, 0.3) is 6.08 Å². The molecule has 2 amide bonds. The number of carbonyl (C=O) groups excluding carboxylic acids is 3. The van der Waals surface area contributed by atoms with E-state index in [4.69, 9.17) is 44.3 Å². The minimum atomic E-state index is -0.628. The number of benzene rings is 3. The third-order valence-electron chi connectivity index (χ3n) is 5.17. The Morgan fingerprint density at radius 2 is 1.70 bits per heavy atom. The van der Waals surface area contributed by atoms with Crippen molar-refractivity contribution in [2.45, 2.75) is 13.5 Å². The van der Waals surface area contributed by atoms with Gasteiger partial charge in [-0.05, 0) is 89.3 Å². The number of esters is 1. The van der Waals surface area contributed by atoms with Crippen LogP contribution < -0.4 is 9.47 Å². The van der Waals surface area contributed by atoms with Gasteiger partial charge in [-0.1, -0.05) is 53.0 Å². The maximum Gasteiger partial charge on any atom is 0.345 e. The van der Waals surface area contributed by atoms with Crippen LogP contribution in [0, 0.1) is 3.57 Å². The van der Waals surface area contributed by atoms with Crippen LogP contribution in [0.3, 0.4) is 0 Å². The zero-order chi connectivity index (χ0) is 26.7. The van der Waals surface area contributed by atoms with Gasteiger partial charge >= 0.3 is 5.97 Å². The third-order valence-corrected chi connectivity index (χ3v) is 7.92. The van der Waals surface area contributed by atoms with Crippen LogP contribution in [0.2, 0.25) is 15.1 Å². The van der Waals surface area contributed by atoms with E-state index in [-0.39, 0.29) is 27.8 Å². The number of thioether (sulfide) groups is 1. The molecule has 1 fully saturated rings. The Morgan fingerprint density at radius 1 is 1.03 bits per heavy atom. The van der Waals surface area contributed by atoms with E-state index >= 15 is 0 Å². The van der Waals surface area contributed by atoms with Crippen molar-refractivity contribution in [1.82, 2.24) is 4.90 Å². The molecule has 3 aromatic rings. The molecule has 37 heavy (non-hydrogen) atoms. The first-order valence-electron chi connectivity index (χ1n) is 10.8. The molecule has 0 saturated carbocycles. The van der Waals surface area contributed by atoms with Gasteiger partial charge < -0.3 is 9.47 Å². The Balaban J connectivity index is 1.61. The molecule has 0 bridgehead atoms. The molecule has 1 aliphatic rings. The fraction of sp³-hybridized carbons (Fsp3) is 0.115. The molecule has 0 aromatic heterocycles. The number of amides is 2. The zero-order valence-electron chi connectivity index (χ0n) is 19.1. The van der Waals surface area contributed by atoms with E-state index in [2.05, 4.69) is 0 Å². The fourth-order valence-electron chi connectivity index (χ4n) is 3.44. The number of imide groups is 1. The van der Waals surface area contributed by atoms with Crippen molar-refractivity contribution in [3.8, 4) is 11.5 Å². The number of rotatable bonds is 7. The van der Waals surface area contributed by atoms with Crippen LogP contribution in [0.5, 0.6) is 11.5 Å². The van der Waals surface area contributed by atoms with Gasteiger partial charge in [-0.2, -0.15) is 0 Å². The van der Waals surface area contributed by atoms with Crippen LogP contribution in [-0.4, -0.2) is 28.6 Å². The summed E-state index contributed by atoms with van der Waals surface area (Å²) in [6, 6.07) is 14.9. The molecular formula is C26H17Cl3INO5S. The Morgan fingerprint density at radius 3 is 2.38 bits per heavy atom. The SMILES string of the molecule is CCOc1cc(/C=C2\SC(=O)N(Cc3c(Cl)cccc3Cl)C2=O)cc(I)c1OC(=O)c1ccccc1Cl. The van der Waals surface area contributed by atoms with Crippen molar-refractivity contribution in [3.05, 3.63) is 94.8 Å². The molecule has 0 N–H and O–H groups in total. The summed E-state index contributed by atoms with van der Waals surface area (Å²) in [7, 11) is 0. The van der Waals surface area contributed by atoms with Gasteiger partial charge in [-0.15, -0.1) is 0 Å². The molecule has 1 saturated heterocycles. The molecule has 1 heterocycles. The summed E-state index contributed by atoms with van der Waals surface area (Å²) in [6.07, 6.45) is 1.59. The molecule has 190 valence electrons. The van der Waals surface area contributed by atoms with Crippen LogP contribution in [0.15, 0.2) is 59.5 Å². The van der Waals surface area contributed by atoms with Crippen LogP contribution in [0.1, 0.15) is 28.4 Å². The molecule has 0 aliphatic carbocycles. The minimum Gasteiger partial charge on any atom is -0.490 e. The highest BCUT2D eigenvalue weighted by Crippen LogP contribution is 2.39. The van der Waals surface area contributed by atoms with Gasteiger partial charge in [-0.25, -0.2) is 4.79 Å². The predicted molar refractivity (Wildman–Crippen MR) is 155 cm³/mol. The molecule has 3 aromatic carbocycles. The highest BCUT2D eigenvalue weighted by Gasteiger charge is 2.36. The standard InChI is InChI=1S/C26H17Cl3INO5S/c1-2-35-21-11-14(10-20(30)23(21)36-25(33)15-6-3-4-7-17(15)27)12-22-24(32)31(26(34)37-22)13-16-18(28)8-5-9-19(16)29/h3-12H,2,13H2,1H3/b22-12-. The van der Waals surface area contributed by atoms with E-state index in [9.17, 15) is 14.4 Å². The van der Waals surface area contributed by atoms with E-state index in [1.807, 2.05) is 22.6 Å². The molecular weight excluding hydrogens is 672 g/mol. The smallest absolute Gasteiger partial charge is 0.345 e. The van der Waals surface area contributed by atoms with Gasteiger partial charge in [0.15, 0.2) is 11.5 Å². The van der Waals surface area contributed by atoms with Gasteiger partial charge in [0.2, 0.25) is 0 Å². The summed E-state index contributed by atoms with van der Waals surface area (Å²) >= 11 is 21.4. The van der Waals surface area contributed by atoms with E-state index in [1.54, 1.807) is 67.6 Å². The largest absolute Gasteiger partial charge is 0.490 e. The second-order valence-corrected chi connectivity index (χ2v) is 11.0. The summed E-state index contributed by atoms with van der Waals surface area (Å²) < 4.78 is 11.9. The lowest BCUT2D eigenvalue weighted by molar-refractivity contribution is -0.123. The van der Waals surface area contributed by atoms with Crippen molar-refractivity contribution in [1.29, 1.82) is 0 Å². The predicted octanol–water partition coefficient (Wildman–Crippen LogP) is 8.11. The Kier molecular flexibility index (Phi) is 9.07. The van der Waals surface area contributed by atoms with E-state index in [0.29, 0.717) is 37.1 Å². The minimum absolute atomic E-state index is 0.0425. The number of carbonyl (C=O) groups is 3. The van der Waals surface area contributed by atoms with Crippen molar-refractivity contribution in [2.75, 3.05) is 6.61 Å². The van der Waals surface area contributed by atoms with Crippen LogP contribution >= 0.6 is 69.2 Å². The summed E-state index contributed by atoms with van der Waals surface area (Å²) in [4.78, 5) is 39.7. The second kappa shape index (κ2) is 12.1. The Hall–Kier alpha value is -2.24. The lowest BCUT2D eigenvalue weighted by Crippen LogP contribution is -2.27. The van der Waals surface area contributed by atoms with Crippen LogP contribution in [-0.2, 0) is 11.3 Å². The highest BCUT2D eigenvalue weighted by molar-refractivity contribution is 14.1. The summed E-state index contributed by atoms with van der Waals surface area (Å²) in [5.74, 6) is -0.557. The molecule has 0 radical (unpaired) electrons. The number of halogens is 4. The molecule has 0 spiro atoms. The van der Waals surface area contributed by atoms with Crippen molar-refractivity contribution >= 4 is 92.3 Å². The van der Waals surface area contributed by atoms with Crippen molar-refractivity contribution < 1.29 is 23.9 Å². The van der Waals surface area contributed by atoms with Gasteiger partial charge in [0, 0.05) is 15.6 Å². The highest BCUT2D eigenvalue weighted by atomic mass is 127. The first-order valence-corrected chi connectivity index (χ1v) is 13.8. The number of nitrogens with zero attached hydrogens (tertiary/aromatic N) is 1. The lowest BCUT2D eigenvalue weighted by atomic mass is 10.1.